The SMILES string of the molecule is Cc1cc(C(=O)OCC(=O)c2ccc3c(c2)OCCO3)c(C)n1Cc1ccco1. The van der Waals surface area contributed by atoms with Gasteiger partial charge in [0.2, 0.25) is 0 Å². The molecule has 0 spiro atoms. The van der Waals surface area contributed by atoms with Crippen LogP contribution in [-0.2, 0) is 11.3 Å². The Morgan fingerprint density at radius 2 is 1.86 bits per heavy atom. The summed E-state index contributed by atoms with van der Waals surface area (Å²) >= 11 is 0. The number of benzene rings is 1. The minimum atomic E-state index is -0.533. The molecule has 0 fully saturated rings. The molecule has 3 heterocycles. The van der Waals surface area contributed by atoms with Gasteiger partial charge in [0.25, 0.3) is 0 Å². The first kappa shape index (κ1) is 18.9. The number of hydrogen-bond donors (Lipinski definition) is 0. The van der Waals surface area contributed by atoms with E-state index in [1.807, 2.05) is 30.5 Å². The number of rotatable bonds is 6. The largest absolute Gasteiger partial charge is 0.486 e. The minimum absolute atomic E-state index is 0.306. The number of carbonyl (C=O) groups is 2. The van der Waals surface area contributed by atoms with Crippen molar-refractivity contribution in [2.75, 3.05) is 19.8 Å². The standard InChI is InChI=1S/C22H21NO6/c1-14-10-18(15(2)23(14)12-17-4-3-7-26-17)22(25)29-13-19(24)16-5-6-20-21(11-16)28-9-8-27-20/h3-7,10-11H,8-9,12-13H2,1-2H3. The smallest absolute Gasteiger partial charge is 0.340 e. The van der Waals surface area contributed by atoms with Gasteiger partial charge in [-0.15, -0.1) is 0 Å². The van der Waals surface area contributed by atoms with E-state index < -0.39 is 5.97 Å². The van der Waals surface area contributed by atoms with Crippen LogP contribution < -0.4 is 9.47 Å². The van der Waals surface area contributed by atoms with Crippen LogP contribution >= 0.6 is 0 Å². The van der Waals surface area contributed by atoms with Gasteiger partial charge in [-0.25, -0.2) is 4.79 Å². The fourth-order valence-electron chi connectivity index (χ4n) is 3.32. The summed E-state index contributed by atoms with van der Waals surface area (Å²) in [5, 5.41) is 0. The average molecular weight is 395 g/mol. The molecular weight excluding hydrogens is 374 g/mol. The second-order valence-electron chi connectivity index (χ2n) is 6.81. The maximum Gasteiger partial charge on any atom is 0.340 e. The van der Waals surface area contributed by atoms with E-state index in [2.05, 4.69) is 0 Å². The molecule has 0 bridgehead atoms. The first-order valence-corrected chi connectivity index (χ1v) is 9.32. The Hall–Kier alpha value is -3.48. The highest BCUT2D eigenvalue weighted by Crippen LogP contribution is 2.31. The maximum atomic E-state index is 12.5. The van der Waals surface area contributed by atoms with Gasteiger partial charge >= 0.3 is 5.97 Å². The summed E-state index contributed by atoms with van der Waals surface area (Å²) in [7, 11) is 0. The molecule has 2 aromatic heterocycles. The lowest BCUT2D eigenvalue weighted by molar-refractivity contribution is 0.0473. The monoisotopic (exact) mass is 395 g/mol. The molecule has 0 radical (unpaired) electrons. The quantitative estimate of drug-likeness (QED) is 0.469. The van der Waals surface area contributed by atoms with Crippen LogP contribution in [0.5, 0.6) is 11.5 Å². The van der Waals surface area contributed by atoms with Crippen LogP contribution in [-0.4, -0.2) is 36.1 Å². The van der Waals surface area contributed by atoms with Gasteiger partial charge in [0.1, 0.15) is 19.0 Å². The van der Waals surface area contributed by atoms with Gasteiger partial charge in [0.15, 0.2) is 23.9 Å². The van der Waals surface area contributed by atoms with Crippen molar-refractivity contribution < 1.29 is 28.2 Å². The summed E-state index contributed by atoms with van der Waals surface area (Å²) < 4.78 is 23.6. The third-order valence-corrected chi connectivity index (χ3v) is 4.89. The number of nitrogens with zero attached hydrogens (tertiary/aromatic N) is 1. The third-order valence-electron chi connectivity index (χ3n) is 4.89. The summed E-state index contributed by atoms with van der Waals surface area (Å²) in [4.78, 5) is 25.0. The van der Waals surface area contributed by atoms with Crippen molar-refractivity contribution in [1.82, 2.24) is 4.57 Å². The van der Waals surface area contributed by atoms with Crippen LogP contribution in [0.1, 0.15) is 37.9 Å². The van der Waals surface area contributed by atoms with Crippen LogP contribution in [0.25, 0.3) is 0 Å². The van der Waals surface area contributed by atoms with E-state index in [1.165, 1.54) is 0 Å². The second kappa shape index (κ2) is 7.87. The topological polar surface area (TPSA) is 79.9 Å². The fourth-order valence-corrected chi connectivity index (χ4v) is 3.32. The van der Waals surface area contributed by atoms with E-state index in [0.717, 1.165) is 17.1 Å². The molecule has 1 aromatic carbocycles. The van der Waals surface area contributed by atoms with Gasteiger partial charge in [0.05, 0.1) is 18.4 Å². The molecule has 3 aromatic rings. The van der Waals surface area contributed by atoms with Gasteiger partial charge in [-0.2, -0.15) is 0 Å². The van der Waals surface area contributed by atoms with Crippen molar-refractivity contribution >= 4 is 11.8 Å². The Morgan fingerprint density at radius 3 is 2.62 bits per heavy atom. The minimum Gasteiger partial charge on any atom is -0.486 e. The molecule has 0 saturated heterocycles. The van der Waals surface area contributed by atoms with Crippen molar-refractivity contribution in [3.05, 3.63) is 70.9 Å². The second-order valence-corrected chi connectivity index (χ2v) is 6.81. The fraction of sp³-hybridized carbons (Fsp3) is 0.273. The van der Waals surface area contributed by atoms with Gasteiger partial charge < -0.3 is 23.2 Å². The van der Waals surface area contributed by atoms with Crippen molar-refractivity contribution in [2.45, 2.75) is 20.4 Å². The molecule has 1 aliphatic rings. The van der Waals surface area contributed by atoms with Crippen LogP contribution in [0.3, 0.4) is 0 Å². The molecule has 29 heavy (non-hydrogen) atoms. The van der Waals surface area contributed by atoms with E-state index in [4.69, 9.17) is 18.6 Å². The van der Waals surface area contributed by atoms with Crippen LogP contribution in [0.2, 0.25) is 0 Å². The number of fused-ring (bicyclic) bond motifs is 1. The van der Waals surface area contributed by atoms with Crippen molar-refractivity contribution in [3.8, 4) is 11.5 Å². The van der Waals surface area contributed by atoms with Crippen molar-refractivity contribution in [1.29, 1.82) is 0 Å². The molecule has 0 amide bonds. The van der Waals surface area contributed by atoms with E-state index >= 15 is 0 Å². The van der Waals surface area contributed by atoms with Gasteiger partial charge in [-0.1, -0.05) is 0 Å². The van der Waals surface area contributed by atoms with Gasteiger partial charge in [0, 0.05) is 17.0 Å². The van der Waals surface area contributed by atoms with E-state index in [9.17, 15) is 9.59 Å². The highest BCUT2D eigenvalue weighted by Gasteiger charge is 2.20. The Labute approximate surface area is 167 Å². The lowest BCUT2D eigenvalue weighted by Crippen LogP contribution is -2.17. The number of aryl methyl sites for hydroxylation is 1. The van der Waals surface area contributed by atoms with E-state index in [-0.39, 0.29) is 12.4 Å². The molecule has 0 N–H and O–H groups in total. The molecule has 0 unspecified atom stereocenters. The predicted molar refractivity (Wildman–Crippen MR) is 104 cm³/mol. The number of ether oxygens (including phenoxy) is 3. The zero-order valence-electron chi connectivity index (χ0n) is 16.3. The predicted octanol–water partition coefficient (Wildman–Crippen LogP) is 3.56. The highest BCUT2D eigenvalue weighted by molar-refractivity contribution is 6.00. The van der Waals surface area contributed by atoms with Gasteiger partial charge in [-0.05, 0) is 50.2 Å². The molecule has 7 heteroatoms. The molecule has 0 saturated carbocycles. The van der Waals surface area contributed by atoms with E-state index in [1.54, 1.807) is 30.5 Å². The molecule has 150 valence electrons. The first-order valence-electron chi connectivity index (χ1n) is 9.32. The normalized spacial score (nSPS) is 12.6. The van der Waals surface area contributed by atoms with Gasteiger partial charge in [-0.3, -0.25) is 4.79 Å². The lowest BCUT2D eigenvalue weighted by atomic mass is 10.1. The Bertz CT molecular complexity index is 1050. The summed E-state index contributed by atoms with van der Waals surface area (Å²) in [5.41, 5.74) is 2.51. The van der Waals surface area contributed by atoms with Crippen molar-refractivity contribution in [2.24, 2.45) is 0 Å². The maximum absolute atomic E-state index is 12.5. The zero-order valence-corrected chi connectivity index (χ0v) is 16.3. The zero-order chi connectivity index (χ0) is 20.4. The molecule has 0 aliphatic carbocycles. The number of Topliss-reactive ketones (excluding diaryl/α,β-unsaturated/α-hetero) is 1. The first-order chi connectivity index (χ1) is 14.0. The Balaban J connectivity index is 1.42. The molecule has 4 rings (SSSR count). The summed E-state index contributed by atoms with van der Waals surface area (Å²) in [6, 6.07) is 10.4. The number of aromatic nitrogens is 1. The van der Waals surface area contributed by atoms with E-state index in [0.29, 0.717) is 42.4 Å². The lowest BCUT2D eigenvalue weighted by Gasteiger charge is -2.18. The molecule has 1 aliphatic heterocycles. The third kappa shape index (κ3) is 3.89. The molecular formula is C22H21NO6. The molecule has 7 nitrogen and oxygen atoms in total. The number of carbonyl (C=O) groups excluding carboxylic acids is 2. The molecule has 0 atom stereocenters. The van der Waals surface area contributed by atoms with Crippen molar-refractivity contribution in [3.63, 3.8) is 0 Å². The van der Waals surface area contributed by atoms with Crippen LogP contribution in [0.15, 0.2) is 47.1 Å². The summed E-state index contributed by atoms with van der Waals surface area (Å²) in [5.74, 6) is 1.08. The summed E-state index contributed by atoms with van der Waals surface area (Å²) in [6.07, 6.45) is 1.61. The number of furan rings is 1. The number of ketones is 1. The Kier molecular flexibility index (Phi) is 5.12. The van der Waals surface area contributed by atoms with Crippen LogP contribution in [0.4, 0.5) is 0 Å². The average Bonchev–Trinajstić information content (AvgIpc) is 3.35. The highest BCUT2D eigenvalue weighted by atomic mass is 16.6. The van der Waals surface area contributed by atoms with Crippen LogP contribution in [0, 0.1) is 13.8 Å². The number of hydrogen-bond acceptors (Lipinski definition) is 6. The Morgan fingerprint density at radius 1 is 1.07 bits per heavy atom. The number of esters is 1. The summed E-state index contributed by atoms with van der Waals surface area (Å²) in [6.45, 7) is 4.85.